The third-order valence-corrected chi connectivity index (χ3v) is 4.84. The average molecular weight is 300 g/mol. The van der Waals surface area contributed by atoms with Crippen molar-refractivity contribution in [2.75, 3.05) is 0 Å². The average Bonchev–Trinajstić information content (AvgIpc) is 2.45. The summed E-state index contributed by atoms with van der Waals surface area (Å²) in [6.45, 7) is 5.33. The summed E-state index contributed by atoms with van der Waals surface area (Å²) >= 11 is 0. The largest absolute Gasteiger partial charge is 0.390 e. The number of rotatable bonds is 1. The zero-order chi connectivity index (χ0) is 16.2. The van der Waals surface area contributed by atoms with Gasteiger partial charge in [-0.25, -0.2) is 0 Å². The van der Waals surface area contributed by atoms with E-state index in [2.05, 4.69) is 0 Å². The molecule has 2 N–H and O–H groups in total. The molecule has 0 unspecified atom stereocenters. The van der Waals surface area contributed by atoms with Crippen molar-refractivity contribution in [1.29, 1.82) is 0 Å². The second kappa shape index (κ2) is 4.86. The highest BCUT2D eigenvalue weighted by Crippen LogP contribution is 2.40. The Balaban J connectivity index is 2.25. The predicted octanol–water partition coefficient (Wildman–Crippen LogP) is 2.01. The number of Topliss-reactive ketones (excluding diaryl/α,β-unsaturated/α-hetero) is 2. The Kier molecular flexibility index (Phi) is 3.34. The molecule has 4 nitrogen and oxygen atoms in total. The van der Waals surface area contributed by atoms with Gasteiger partial charge in [0.05, 0.1) is 6.10 Å². The number of aliphatic hydroxyl groups is 2. The van der Waals surface area contributed by atoms with E-state index in [1.807, 2.05) is 13.8 Å². The minimum atomic E-state index is -1.39. The number of fused-ring (bicyclic) bond motifs is 3. The first-order valence-electron chi connectivity index (χ1n) is 7.62. The molecular formula is C18H20O4. The van der Waals surface area contributed by atoms with Crippen molar-refractivity contribution in [2.24, 2.45) is 5.92 Å². The van der Waals surface area contributed by atoms with Gasteiger partial charge in [0, 0.05) is 11.1 Å². The summed E-state index contributed by atoms with van der Waals surface area (Å²) in [6.07, 6.45) is 1.77. The van der Waals surface area contributed by atoms with E-state index in [4.69, 9.17) is 0 Å². The van der Waals surface area contributed by atoms with Gasteiger partial charge in [0.15, 0.2) is 0 Å². The van der Waals surface area contributed by atoms with Crippen LogP contribution in [0.5, 0.6) is 0 Å². The lowest BCUT2D eigenvalue weighted by atomic mass is 9.73. The van der Waals surface area contributed by atoms with Crippen LogP contribution in [0.2, 0.25) is 0 Å². The van der Waals surface area contributed by atoms with Gasteiger partial charge in [-0.05, 0) is 48.4 Å². The van der Waals surface area contributed by atoms with Crippen LogP contribution in [0, 0.1) is 5.92 Å². The molecule has 0 spiro atoms. The van der Waals surface area contributed by atoms with Gasteiger partial charge >= 0.3 is 0 Å². The Bertz CT molecular complexity index is 710. The molecule has 0 fully saturated rings. The molecule has 0 bridgehead atoms. The van der Waals surface area contributed by atoms with Gasteiger partial charge in [-0.3, -0.25) is 9.59 Å². The number of hydrogen-bond acceptors (Lipinski definition) is 4. The van der Waals surface area contributed by atoms with Gasteiger partial charge in [-0.1, -0.05) is 26.0 Å². The minimum absolute atomic E-state index is 0.00874. The lowest BCUT2D eigenvalue weighted by Gasteiger charge is -2.37. The maximum Gasteiger partial charge on any atom is 0.234 e. The molecule has 0 saturated heterocycles. The van der Waals surface area contributed by atoms with Gasteiger partial charge < -0.3 is 10.2 Å². The van der Waals surface area contributed by atoms with E-state index in [9.17, 15) is 19.8 Å². The van der Waals surface area contributed by atoms with Crippen LogP contribution in [0.1, 0.15) is 54.2 Å². The number of benzene rings is 1. The molecule has 2 aliphatic rings. The second-order valence-corrected chi connectivity index (χ2v) is 6.67. The Morgan fingerprint density at radius 3 is 2.55 bits per heavy atom. The fourth-order valence-corrected chi connectivity index (χ4v) is 3.44. The van der Waals surface area contributed by atoms with Crippen LogP contribution >= 0.6 is 0 Å². The first-order chi connectivity index (χ1) is 10.2. The summed E-state index contributed by atoms with van der Waals surface area (Å²) in [5.41, 5.74) is 1.52. The highest BCUT2D eigenvalue weighted by Gasteiger charge is 2.41. The molecule has 1 aromatic carbocycles. The number of carbonyl (C=O) groups is 2. The molecule has 0 amide bonds. The molecule has 3 rings (SSSR count). The van der Waals surface area contributed by atoms with Crippen molar-refractivity contribution in [3.8, 4) is 0 Å². The fraction of sp³-hybridized carbons (Fsp3) is 0.444. The van der Waals surface area contributed by atoms with E-state index in [1.165, 1.54) is 0 Å². The SMILES string of the molecule is CC(C)C1=Cc2ccc3c(c2C(=O)C1=O)CC[C@@H](O)[C@]3(C)O. The van der Waals surface area contributed by atoms with Crippen LogP contribution < -0.4 is 0 Å². The van der Waals surface area contributed by atoms with Crippen LogP contribution in [0.15, 0.2) is 17.7 Å². The Morgan fingerprint density at radius 2 is 1.91 bits per heavy atom. The summed E-state index contributed by atoms with van der Waals surface area (Å²) in [6, 6.07) is 3.52. The highest BCUT2D eigenvalue weighted by atomic mass is 16.3. The molecule has 116 valence electrons. The van der Waals surface area contributed by atoms with Crippen molar-refractivity contribution in [1.82, 2.24) is 0 Å². The third kappa shape index (κ3) is 1.98. The summed E-state index contributed by atoms with van der Waals surface area (Å²) in [5.74, 6) is -0.961. The molecule has 0 heterocycles. The first-order valence-corrected chi connectivity index (χ1v) is 7.62. The molecule has 22 heavy (non-hydrogen) atoms. The summed E-state index contributed by atoms with van der Waals surface area (Å²) in [7, 11) is 0. The Labute approximate surface area is 129 Å². The molecule has 0 saturated carbocycles. The van der Waals surface area contributed by atoms with Crippen molar-refractivity contribution < 1.29 is 19.8 Å². The third-order valence-electron chi connectivity index (χ3n) is 4.84. The zero-order valence-corrected chi connectivity index (χ0v) is 13.0. The van der Waals surface area contributed by atoms with Gasteiger partial charge in [-0.2, -0.15) is 0 Å². The van der Waals surface area contributed by atoms with Gasteiger partial charge in [0.25, 0.3) is 0 Å². The van der Waals surface area contributed by atoms with Crippen LogP contribution in [0.3, 0.4) is 0 Å². The van der Waals surface area contributed by atoms with Crippen molar-refractivity contribution in [3.63, 3.8) is 0 Å². The molecule has 0 aromatic heterocycles. The minimum Gasteiger partial charge on any atom is -0.390 e. The molecule has 4 heteroatoms. The fourth-order valence-electron chi connectivity index (χ4n) is 3.44. The molecule has 2 atom stereocenters. The van der Waals surface area contributed by atoms with Crippen LogP contribution in [0.25, 0.3) is 6.08 Å². The lowest BCUT2D eigenvalue weighted by Crippen LogP contribution is -2.42. The summed E-state index contributed by atoms with van der Waals surface area (Å²) in [5, 5.41) is 20.5. The first kappa shape index (κ1) is 15.1. The van der Waals surface area contributed by atoms with Crippen LogP contribution in [-0.4, -0.2) is 27.9 Å². The maximum atomic E-state index is 12.6. The smallest absolute Gasteiger partial charge is 0.234 e. The predicted molar refractivity (Wildman–Crippen MR) is 82.5 cm³/mol. The van der Waals surface area contributed by atoms with E-state index in [1.54, 1.807) is 25.1 Å². The van der Waals surface area contributed by atoms with Gasteiger partial charge in [0.1, 0.15) is 5.60 Å². The number of carbonyl (C=O) groups excluding carboxylic acids is 2. The molecule has 1 aromatic rings. The normalized spacial score (nSPS) is 27.5. The molecule has 0 aliphatic heterocycles. The van der Waals surface area contributed by atoms with Gasteiger partial charge in [0.2, 0.25) is 11.6 Å². The number of aliphatic hydroxyl groups excluding tert-OH is 1. The molecule has 2 aliphatic carbocycles. The van der Waals surface area contributed by atoms with E-state index in [-0.39, 0.29) is 5.92 Å². The maximum absolute atomic E-state index is 12.6. The number of ketones is 2. The van der Waals surface area contributed by atoms with Crippen molar-refractivity contribution in [3.05, 3.63) is 40.0 Å². The van der Waals surface area contributed by atoms with E-state index in [0.29, 0.717) is 35.1 Å². The van der Waals surface area contributed by atoms with E-state index in [0.717, 1.165) is 5.56 Å². The van der Waals surface area contributed by atoms with Crippen molar-refractivity contribution in [2.45, 2.75) is 45.3 Å². The number of hydrogen-bond donors (Lipinski definition) is 2. The Morgan fingerprint density at radius 1 is 1.23 bits per heavy atom. The van der Waals surface area contributed by atoms with E-state index < -0.39 is 23.3 Å². The molecular weight excluding hydrogens is 280 g/mol. The highest BCUT2D eigenvalue weighted by molar-refractivity contribution is 6.52. The second-order valence-electron chi connectivity index (χ2n) is 6.67. The van der Waals surface area contributed by atoms with E-state index >= 15 is 0 Å². The standard InChI is InChI=1S/C18H20O4/c1-9(2)12-8-10-4-6-13-11(15(10)17(21)16(12)20)5-7-14(19)18(13,3)22/h4,6,8-9,14,19,22H,5,7H2,1-3H3/t14-,18-/m1/s1. The summed E-state index contributed by atoms with van der Waals surface area (Å²) in [4.78, 5) is 24.9. The van der Waals surface area contributed by atoms with Crippen LogP contribution in [0.4, 0.5) is 0 Å². The van der Waals surface area contributed by atoms with Gasteiger partial charge in [-0.15, -0.1) is 0 Å². The van der Waals surface area contributed by atoms with Crippen molar-refractivity contribution >= 4 is 17.6 Å². The topological polar surface area (TPSA) is 74.6 Å². The monoisotopic (exact) mass is 300 g/mol. The summed E-state index contributed by atoms with van der Waals surface area (Å²) < 4.78 is 0. The lowest BCUT2D eigenvalue weighted by molar-refractivity contribution is -0.112. The van der Waals surface area contributed by atoms with Crippen LogP contribution in [-0.2, 0) is 16.8 Å². The zero-order valence-electron chi connectivity index (χ0n) is 13.0. The Hall–Kier alpha value is -1.78. The molecule has 0 radical (unpaired) electrons. The number of allylic oxidation sites excluding steroid dienone is 1. The quantitative estimate of drug-likeness (QED) is 0.778.